The fourth-order valence-corrected chi connectivity index (χ4v) is 8.53. The maximum atomic E-state index is 11.5. The van der Waals surface area contributed by atoms with E-state index >= 15 is 0 Å². The minimum Gasteiger partial charge on any atom is -0.466 e. The van der Waals surface area contributed by atoms with E-state index < -0.39 is 0 Å². The minimum absolute atomic E-state index is 0.0798. The van der Waals surface area contributed by atoms with E-state index in [2.05, 4.69) is 26.8 Å². The zero-order chi connectivity index (χ0) is 22.4. The molecule has 0 unspecified atom stereocenters. The van der Waals surface area contributed by atoms with Gasteiger partial charge in [-0.25, -0.2) is 0 Å². The van der Waals surface area contributed by atoms with Crippen molar-refractivity contribution in [2.45, 2.75) is 98.5 Å². The molecule has 0 aromatic heterocycles. The van der Waals surface area contributed by atoms with Crippen molar-refractivity contribution < 1.29 is 19.1 Å². The highest BCUT2D eigenvalue weighted by Crippen LogP contribution is 2.67. The lowest BCUT2D eigenvalue weighted by atomic mass is 9.47. The second-order valence-electron chi connectivity index (χ2n) is 11.6. The Morgan fingerprint density at radius 1 is 1.06 bits per heavy atom. The molecule has 0 heterocycles. The molecule has 4 rings (SSSR count). The van der Waals surface area contributed by atoms with E-state index in [9.17, 15) is 9.59 Å². The Morgan fingerprint density at radius 2 is 1.84 bits per heavy atom. The van der Waals surface area contributed by atoms with Crippen LogP contribution in [0.2, 0.25) is 0 Å². The molecule has 31 heavy (non-hydrogen) atoms. The number of carbonyl (C=O) groups excluding carboxylic acids is 2. The van der Waals surface area contributed by atoms with E-state index in [1.165, 1.54) is 46.0 Å². The van der Waals surface area contributed by atoms with Gasteiger partial charge in [-0.1, -0.05) is 32.4 Å². The summed E-state index contributed by atoms with van der Waals surface area (Å²) in [5.41, 5.74) is 2.28. The molecule has 0 radical (unpaired) electrons. The Labute approximate surface area is 188 Å². The fourth-order valence-electron chi connectivity index (χ4n) is 8.53. The highest BCUT2D eigenvalue weighted by molar-refractivity contribution is 5.66. The Hall–Kier alpha value is -1.32. The number of esters is 2. The molecule has 0 bridgehead atoms. The van der Waals surface area contributed by atoms with Crippen LogP contribution in [0.3, 0.4) is 0 Å². The predicted octanol–water partition coefficient (Wildman–Crippen LogP) is 6.09. The first-order valence-electron chi connectivity index (χ1n) is 12.6. The molecule has 0 saturated heterocycles. The molecule has 0 aromatic carbocycles. The Morgan fingerprint density at radius 3 is 2.55 bits per heavy atom. The molecule has 3 saturated carbocycles. The van der Waals surface area contributed by atoms with Crippen LogP contribution < -0.4 is 0 Å². The van der Waals surface area contributed by atoms with Crippen molar-refractivity contribution in [3.63, 3.8) is 0 Å². The number of hydrogen-bond acceptors (Lipinski definition) is 4. The Bertz CT molecular complexity index is 742. The molecule has 0 aliphatic heterocycles. The zero-order valence-corrected chi connectivity index (χ0v) is 20.2. The monoisotopic (exact) mass is 430 g/mol. The lowest BCUT2D eigenvalue weighted by Crippen LogP contribution is -2.51. The lowest BCUT2D eigenvalue weighted by Gasteiger charge is -2.58. The van der Waals surface area contributed by atoms with Crippen molar-refractivity contribution in [1.82, 2.24) is 0 Å². The van der Waals surface area contributed by atoms with Gasteiger partial charge in [0.25, 0.3) is 0 Å². The SMILES string of the molecule is CC(=O)OCC[C@@H](C)[C@H]1CC[C@H]2[C@@H]3CC=C4C[C@@H](OC(C)=O)CC[C@]4(C)[C@H]3CC[C@]12C. The summed E-state index contributed by atoms with van der Waals surface area (Å²) in [7, 11) is 0. The number of fused-ring (bicyclic) bond motifs is 5. The van der Waals surface area contributed by atoms with Gasteiger partial charge >= 0.3 is 11.9 Å². The van der Waals surface area contributed by atoms with Crippen LogP contribution in [0.1, 0.15) is 92.4 Å². The Kier molecular flexibility index (Phi) is 6.31. The second-order valence-corrected chi connectivity index (χ2v) is 11.6. The van der Waals surface area contributed by atoms with E-state index in [1.807, 2.05) is 0 Å². The quantitative estimate of drug-likeness (QED) is 0.391. The zero-order valence-electron chi connectivity index (χ0n) is 20.2. The number of rotatable bonds is 5. The minimum atomic E-state index is -0.162. The average Bonchev–Trinajstić information content (AvgIpc) is 3.05. The summed E-state index contributed by atoms with van der Waals surface area (Å²) in [5, 5.41) is 0. The number of carbonyl (C=O) groups is 2. The van der Waals surface area contributed by atoms with Crippen LogP contribution in [0, 0.1) is 40.4 Å². The molecule has 0 N–H and O–H groups in total. The van der Waals surface area contributed by atoms with Gasteiger partial charge in [-0.05, 0) is 91.8 Å². The molecule has 8 atom stereocenters. The van der Waals surface area contributed by atoms with E-state index in [0.29, 0.717) is 23.4 Å². The van der Waals surface area contributed by atoms with Gasteiger partial charge in [0.1, 0.15) is 6.10 Å². The van der Waals surface area contributed by atoms with Crippen LogP contribution in [0.25, 0.3) is 0 Å². The maximum absolute atomic E-state index is 11.5. The molecule has 4 nitrogen and oxygen atoms in total. The smallest absolute Gasteiger partial charge is 0.302 e. The normalized spacial score (nSPS) is 42.5. The highest BCUT2D eigenvalue weighted by Gasteiger charge is 2.59. The van der Waals surface area contributed by atoms with Gasteiger partial charge in [-0.2, -0.15) is 0 Å². The van der Waals surface area contributed by atoms with Crippen LogP contribution in [0.15, 0.2) is 11.6 Å². The third kappa shape index (κ3) is 4.09. The molecule has 4 aliphatic rings. The largest absolute Gasteiger partial charge is 0.466 e. The molecule has 174 valence electrons. The van der Waals surface area contributed by atoms with Crippen molar-refractivity contribution >= 4 is 11.9 Å². The van der Waals surface area contributed by atoms with Gasteiger partial charge in [0.15, 0.2) is 0 Å². The molecule has 0 spiro atoms. The van der Waals surface area contributed by atoms with Gasteiger partial charge in [-0.15, -0.1) is 0 Å². The van der Waals surface area contributed by atoms with Crippen molar-refractivity contribution in [1.29, 1.82) is 0 Å². The van der Waals surface area contributed by atoms with Crippen LogP contribution in [-0.2, 0) is 19.1 Å². The number of ether oxygens (including phenoxy) is 2. The van der Waals surface area contributed by atoms with Crippen LogP contribution in [0.4, 0.5) is 0 Å². The van der Waals surface area contributed by atoms with Crippen LogP contribution in [-0.4, -0.2) is 24.6 Å². The van der Waals surface area contributed by atoms with E-state index in [0.717, 1.165) is 49.4 Å². The summed E-state index contributed by atoms with van der Waals surface area (Å²) in [5.74, 6) is 3.43. The van der Waals surface area contributed by atoms with Crippen molar-refractivity contribution in [2.75, 3.05) is 6.61 Å². The highest BCUT2D eigenvalue weighted by atomic mass is 16.5. The summed E-state index contributed by atoms with van der Waals surface area (Å²) < 4.78 is 10.8. The first-order chi connectivity index (χ1) is 14.6. The van der Waals surface area contributed by atoms with E-state index in [4.69, 9.17) is 9.47 Å². The first-order valence-corrected chi connectivity index (χ1v) is 12.6. The molecule has 0 aromatic rings. The Balaban J connectivity index is 1.47. The second kappa shape index (κ2) is 8.56. The van der Waals surface area contributed by atoms with E-state index in [1.54, 1.807) is 5.57 Å². The summed E-state index contributed by atoms with van der Waals surface area (Å²) in [6, 6.07) is 0. The predicted molar refractivity (Wildman–Crippen MR) is 121 cm³/mol. The molecular weight excluding hydrogens is 388 g/mol. The van der Waals surface area contributed by atoms with Gasteiger partial charge < -0.3 is 9.47 Å². The van der Waals surface area contributed by atoms with E-state index in [-0.39, 0.29) is 18.0 Å². The van der Waals surface area contributed by atoms with Gasteiger partial charge in [-0.3, -0.25) is 9.59 Å². The molecule has 4 heteroatoms. The fraction of sp³-hybridized carbons (Fsp3) is 0.852. The summed E-state index contributed by atoms with van der Waals surface area (Å²) >= 11 is 0. The average molecular weight is 431 g/mol. The summed E-state index contributed by atoms with van der Waals surface area (Å²) in [4.78, 5) is 22.6. The van der Waals surface area contributed by atoms with Crippen molar-refractivity contribution in [3.8, 4) is 0 Å². The summed E-state index contributed by atoms with van der Waals surface area (Å²) in [6.45, 7) is 11.1. The standard InChI is InChI=1S/C27H42O4/c1-17(12-15-30-18(2)28)23-8-9-24-22-7-6-20-16-21(31-19(3)29)10-13-26(20,4)25(22)11-14-27(23,24)5/h6,17,21-25H,7-16H2,1-5H3/t17-,21+,22+,23-,24+,25+,26+,27-/m1/s1. The van der Waals surface area contributed by atoms with Gasteiger partial charge in [0.2, 0.25) is 0 Å². The summed E-state index contributed by atoms with van der Waals surface area (Å²) in [6.07, 6.45) is 13.3. The van der Waals surface area contributed by atoms with Gasteiger partial charge in [0, 0.05) is 20.3 Å². The van der Waals surface area contributed by atoms with Crippen LogP contribution >= 0.6 is 0 Å². The third-order valence-electron chi connectivity index (χ3n) is 10.0. The first kappa shape index (κ1) is 22.9. The number of hydrogen-bond donors (Lipinski definition) is 0. The van der Waals surface area contributed by atoms with Gasteiger partial charge in [0.05, 0.1) is 6.61 Å². The van der Waals surface area contributed by atoms with Crippen LogP contribution in [0.5, 0.6) is 0 Å². The topological polar surface area (TPSA) is 52.6 Å². The molecule has 4 aliphatic carbocycles. The third-order valence-corrected chi connectivity index (χ3v) is 10.0. The van der Waals surface area contributed by atoms with Crippen molar-refractivity contribution in [3.05, 3.63) is 11.6 Å². The molecule has 0 amide bonds. The van der Waals surface area contributed by atoms with Crippen molar-refractivity contribution in [2.24, 2.45) is 40.4 Å². The lowest BCUT2D eigenvalue weighted by molar-refractivity contribution is -0.149. The number of allylic oxidation sites excluding steroid dienone is 1. The maximum Gasteiger partial charge on any atom is 0.302 e. The molecular formula is C27H42O4. The molecule has 3 fully saturated rings.